The number of benzene rings is 3. The van der Waals surface area contributed by atoms with Gasteiger partial charge in [0.2, 0.25) is 11.6 Å². The van der Waals surface area contributed by atoms with Gasteiger partial charge in [0.25, 0.3) is 5.91 Å². The maximum absolute atomic E-state index is 13.4. The van der Waals surface area contributed by atoms with Gasteiger partial charge in [0.1, 0.15) is 12.3 Å². The first-order chi connectivity index (χ1) is 22.0. The molecule has 0 aliphatic carbocycles. The van der Waals surface area contributed by atoms with E-state index < -0.39 is 5.91 Å². The first-order valence-corrected chi connectivity index (χ1v) is 15.0. The lowest BCUT2D eigenvalue weighted by Gasteiger charge is -2.25. The third kappa shape index (κ3) is 6.79. The Labute approximate surface area is 266 Å². The van der Waals surface area contributed by atoms with E-state index in [0.29, 0.717) is 73.3 Å². The van der Waals surface area contributed by atoms with E-state index in [1.54, 1.807) is 6.07 Å². The van der Waals surface area contributed by atoms with Gasteiger partial charge in [-0.25, -0.2) is 10.1 Å². The number of aromatic nitrogens is 5. The van der Waals surface area contributed by atoms with E-state index in [1.807, 2.05) is 37.3 Å². The van der Waals surface area contributed by atoms with Gasteiger partial charge < -0.3 is 19.9 Å². The topological polar surface area (TPSA) is 168 Å². The van der Waals surface area contributed by atoms with Crippen molar-refractivity contribution >= 4 is 44.6 Å². The standard InChI is InChI=1S/C30H30BrN9O5/c1-2-43-25-15-19(14-23(31)27(25)44-18-21-8-5-7-20-6-3-4-9-22(20)21)16-33-35-30(41)26-24(17-39-10-12-42-13-11-39)34-38-40(26)29-28(32)36-45-37-29/h3-9,14-16H,2,10-13,17-18H2,1H3,(H2,32,36)(H,35,41)/b33-16-. The third-order valence-corrected chi connectivity index (χ3v) is 7.68. The summed E-state index contributed by atoms with van der Waals surface area (Å²) in [5.41, 5.74) is 10.7. The number of nitrogen functional groups attached to an aromatic ring is 1. The Morgan fingerprint density at radius 3 is 2.76 bits per heavy atom. The van der Waals surface area contributed by atoms with E-state index in [2.05, 4.69) is 70.2 Å². The van der Waals surface area contributed by atoms with Gasteiger partial charge in [-0.2, -0.15) is 9.78 Å². The summed E-state index contributed by atoms with van der Waals surface area (Å²) in [6.07, 6.45) is 1.50. The zero-order valence-corrected chi connectivity index (χ0v) is 25.9. The summed E-state index contributed by atoms with van der Waals surface area (Å²) >= 11 is 3.62. The quantitative estimate of drug-likeness (QED) is 0.155. The van der Waals surface area contributed by atoms with Crippen LogP contribution in [0, 0.1) is 0 Å². The smallest absolute Gasteiger partial charge is 0.292 e. The van der Waals surface area contributed by atoms with Crippen LogP contribution in [0.25, 0.3) is 16.6 Å². The number of ether oxygens (including phenoxy) is 3. The average molecular weight is 677 g/mol. The van der Waals surface area contributed by atoms with Gasteiger partial charge in [0, 0.05) is 19.6 Å². The van der Waals surface area contributed by atoms with Crippen LogP contribution in [-0.2, 0) is 17.9 Å². The first-order valence-electron chi connectivity index (χ1n) is 14.2. The summed E-state index contributed by atoms with van der Waals surface area (Å²) in [4.78, 5) is 15.6. The molecule has 14 nitrogen and oxygen atoms in total. The van der Waals surface area contributed by atoms with Crippen LogP contribution in [0.3, 0.4) is 0 Å². The summed E-state index contributed by atoms with van der Waals surface area (Å²) in [6.45, 7) is 5.61. The molecular weight excluding hydrogens is 646 g/mol. The lowest BCUT2D eigenvalue weighted by atomic mass is 10.1. The average Bonchev–Trinajstić information content (AvgIpc) is 3.66. The normalized spacial score (nSPS) is 13.8. The molecule has 3 heterocycles. The van der Waals surface area contributed by atoms with Gasteiger partial charge in [-0.3, -0.25) is 9.69 Å². The van der Waals surface area contributed by atoms with Crippen LogP contribution in [0.15, 0.2) is 68.8 Å². The number of anilines is 1. The van der Waals surface area contributed by atoms with E-state index in [-0.39, 0.29) is 17.3 Å². The highest BCUT2D eigenvalue weighted by molar-refractivity contribution is 9.10. The number of morpholine rings is 1. The number of carbonyl (C=O) groups is 1. The SMILES string of the molecule is CCOc1cc(/C=N\NC(=O)c2c(CN3CCOCC3)nnn2-c2nonc2N)cc(Br)c1OCc1cccc2ccccc12. The Kier molecular flexibility index (Phi) is 9.28. The summed E-state index contributed by atoms with van der Waals surface area (Å²) in [5, 5.41) is 22.2. The molecule has 1 amide bonds. The Morgan fingerprint density at radius 1 is 1.13 bits per heavy atom. The third-order valence-electron chi connectivity index (χ3n) is 7.09. The number of carbonyl (C=O) groups excluding carboxylic acids is 1. The van der Waals surface area contributed by atoms with Crippen LogP contribution < -0.4 is 20.6 Å². The zero-order chi connectivity index (χ0) is 31.2. The summed E-state index contributed by atoms with van der Waals surface area (Å²) in [5.74, 6) is 0.540. The predicted octanol–water partition coefficient (Wildman–Crippen LogP) is 3.72. The first kappa shape index (κ1) is 30.2. The number of fused-ring (bicyclic) bond motifs is 1. The molecule has 0 radical (unpaired) electrons. The van der Waals surface area contributed by atoms with Gasteiger partial charge in [-0.15, -0.1) is 5.10 Å². The Bertz CT molecular complexity index is 1830. The van der Waals surface area contributed by atoms with E-state index in [0.717, 1.165) is 16.3 Å². The molecule has 15 heteroatoms. The molecule has 232 valence electrons. The van der Waals surface area contributed by atoms with E-state index in [9.17, 15) is 4.79 Å². The number of nitrogens with two attached hydrogens (primary N) is 1. The number of hydrogen-bond donors (Lipinski definition) is 2. The fourth-order valence-corrected chi connectivity index (χ4v) is 5.53. The zero-order valence-electron chi connectivity index (χ0n) is 24.4. The highest BCUT2D eigenvalue weighted by Gasteiger charge is 2.26. The minimum Gasteiger partial charge on any atom is -0.490 e. The molecule has 1 aliphatic heterocycles. The van der Waals surface area contributed by atoms with Crippen molar-refractivity contribution < 1.29 is 23.6 Å². The second-order valence-electron chi connectivity index (χ2n) is 10.0. The molecular formula is C30H30BrN9O5. The molecule has 1 aliphatic rings. The predicted molar refractivity (Wildman–Crippen MR) is 168 cm³/mol. The van der Waals surface area contributed by atoms with Gasteiger partial charge in [-0.1, -0.05) is 47.7 Å². The summed E-state index contributed by atoms with van der Waals surface area (Å²) in [6, 6.07) is 17.9. The fourth-order valence-electron chi connectivity index (χ4n) is 4.96. The molecule has 0 atom stereocenters. The number of halogens is 1. The molecule has 0 bridgehead atoms. The largest absolute Gasteiger partial charge is 0.490 e. The Morgan fingerprint density at radius 2 is 1.96 bits per heavy atom. The molecule has 5 aromatic rings. The summed E-state index contributed by atoms with van der Waals surface area (Å²) < 4.78 is 24.2. The van der Waals surface area contributed by atoms with Crippen molar-refractivity contribution in [1.82, 2.24) is 35.6 Å². The van der Waals surface area contributed by atoms with Crippen LogP contribution in [-0.4, -0.2) is 75.2 Å². The monoisotopic (exact) mass is 675 g/mol. The van der Waals surface area contributed by atoms with Gasteiger partial charge >= 0.3 is 0 Å². The highest BCUT2D eigenvalue weighted by Crippen LogP contribution is 2.37. The van der Waals surface area contributed by atoms with Crippen molar-refractivity contribution in [3.05, 3.63) is 81.6 Å². The Balaban J connectivity index is 1.20. The van der Waals surface area contributed by atoms with Crippen LogP contribution in [0.5, 0.6) is 11.5 Å². The van der Waals surface area contributed by atoms with Crippen LogP contribution in [0.1, 0.15) is 34.2 Å². The molecule has 0 spiro atoms. The van der Waals surface area contributed by atoms with Crippen molar-refractivity contribution in [3.8, 4) is 17.3 Å². The minimum absolute atomic E-state index is 0.0357. The highest BCUT2D eigenvalue weighted by atomic mass is 79.9. The van der Waals surface area contributed by atoms with Crippen molar-refractivity contribution in [2.24, 2.45) is 5.10 Å². The number of hydrazone groups is 1. The molecule has 45 heavy (non-hydrogen) atoms. The van der Waals surface area contributed by atoms with Crippen molar-refractivity contribution in [1.29, 1.82) is 0 Å². The second-order valence-corrected chi connectivity index (χ2v) is 10.9. The molecule has 1 saturated heterocycles. The van der Waals surface area contributed by atoms with Crippen LogP contribution in [0.4, 0.5) is 5.82 Å². The molecule has 3 aromatic carbocycles. The van der Waals surface area contributed by atoms with E-state index >= 15 is 0 Å². The molecule has 1 fully saturated rings. The van der Waals surface area contributed by atoms with Crippen molar-refractivity contribution in [2.45, 2.75) is 20.1 Å². The van der Waals surface area contributed by atoms with Crippen molar-refractivity contribution in [3.63, 3.8) is 0 Å². The van der Waals surface area contributed by atoms with Gasteiger partial charge in [-0.05, 0) is 67.2 Å². The van der Waals surface area contributed by atoms with E-state index in [1.165, 1.54) is 10.9 Å². The minimum atomic E-state index is -0.568. The maximum atomic E-state index is 13.4. The van der Waals surface area contributed by atoms with Crippen LogP contribution >= 0.6 is 15.9 Å². The molecule has 3 N–H and O–H groups in total. The molecule has 0 unspecified atom stereocenters. The van der Waals surface area contributed by atoms with Gasteiger partial charge in [0.05, 0.1) is 30.5 Å². The molecule has 0 saturated carbocycles. The number of nitrogens with zero attached hydrogens (tertiary/aromatic N) is 7. The number of hydrogen-bond acceptors (Lipinski definition) is 12. The summed E-state index contributed by atoms with van der Waals surface area (Å²) in [7, 11) is 0. The number of amides is 1. The van der Waals surface area contributed by atoms with Crippen LogP contribution in [0.2, 0.25) is 0 Å². The fraction of sp³-hybridized carbons (Fsp3) is 0.267. The van der Waals surface area contributed by atoms with Crippen molar-refractivity contribution in [2.75, 3.05) is 38.6 Å². The van der Waals surface area contributed by atoms with E-state index in [4.69, 9.17) is 24.6 Å². The lowest BCUT2D eigenvalue weighted by Crippen LogP contribution is -2.36. The second kappa shape index (κ2) is 13.8. The maximum Gasteiger partial charge on any atom is 0.292 e. The van der Waals surface area contributed by atoms with Gasteiger partial charge in [0.15, 0.2) is 17.2 Å². The molecule has 2 aromatic heterocycles. The number of rotatable bonds is 11. The lowest BCUT2D eigenvalue weighted by molar-refractivity contribution is 0.0335. The number of nitrogens with one attached hydrogen (secondary N) is 1. The molecule has 6 rings (SSSR count). The Hall–Kier alpha value is -4.86.